The molecule has 9 aromatic heterocycles. The molecule has 11 aromatic rings. The van der Waals surface area contributed by atoms with Crippen molar-refractivity contribution in [1.82, 2.24) is 57.9 Å². The molecule has 0 aliphatic rings. The van der Waals surface area contributed by atoms with Crippen molar-refractivity contribution in [2.75, 3.05) is 41.7 Å². The Kier molecular flexibility index (Phi) is 27.3. The van der Waals surface area contributed by atoms with Gasteiger partial charge in [0.1, 0.15) is 51.1 Å². The molecule has 0 aliphatic heterocycles. The van der Waals surface area contributed by atoms with Crippen LogP contribution in [0.25, 0.3) is 61.6 Å². The molecule has 0 fully saturated rings. The number of ether oxygens (including phenoxy) is 6. The number of aromatic amines is 1. The zero-order valence-electron chi connectivity index (χ0n) is 54.6. The molecule has 99 heavy (non-hydrogen) atoms. The minimum atomic E-state index is -4.46. The van der Waals surface area contributed by atoms with Crippen LogP contribution in [0.5, 0.6) is 23.0 Å². The van der Waals surface area contributed by atoms with E-state index >= 15 is 0 Å². The Morgan fingerprint density at radius 2 is 0.929 bits per heavy atom. The van der Waals surface area contributed by atoms with Crippen LogP contribution in [-0.4, -0.2) is 135 Å². The van der Waals surface area contributed by atoms with Crippen LogP contribution < -0.4 is 18.9 Å². The number of rotatable bonds is 22. The average Bonchev–Trinajstić information content (AvgIpc) is 1.72. The first-order valence-corrected chi connectivity index (χ1v) is 31.2. The highest BCUT2D eigenvalue weighted by atomic mass is 79.9. The van der Waals surface area contributed by atoms with Gasteiger partial charge in [-0.1, -0.05) is 58.5 Å². The van der Waals surface area contributed by atoms with Crippen molar-refractivity contribution in [3.8, 4) is 67.6 Å². The number of halogens is 7. The van der Waals surface area contributed by atoms with Crippen molar-refractivity contribution in [1.29, 1.82) is 0 Å². The molecular formula is C70H79BrF6N12O10. The Balaban J connectivity index is 0.000000225. The van der Waals surface area contributed by atoms with Crippen molar-refractivity contribution in [3.05, 3.63) is 163 Å². The van der Waals surface area contributed by atoms with E-state index in [1.807, 2.05) is 128 Å². The standard InChI is InChI=1S/C29H31F3N4O5.C17H20N4O2.C12H12BrF3O3.C10H8N4.2CH4/c1-6-41-28(38)27(17(2)3)36-16-20(14-34-36)18-8-10-35-21(15-33-25(35)13-18)19-11-23(39-4)26(24(12-19)40-5)22(37)7-9-29(30,31)32;1-4-23-17(22)16(12(2)3)21-11-14(10-19-21)13-5-7-20-8-6-18-15(20)9-13;1-18-9-5-7(13)6-10(19-2)11(9)8(17)3-4-12(14,15)16;1-3-14-4-2-11-10(14)5-8(1)9-6-12-13-7-9;;/h8,10-17,27H,6-7,9H2,1-5H3;5-12,16H,4H2,1-3H3;5-6H,3-4H2,1-2H3;1-7H,(H,12,13);2*1H4. The molecule has 0 radical (unpaired) electrons. The Bertz CT molecular complexity index is 4430. The van der Waals surface area contributed by atoms with Crippen molar-refractivity contribution < 1.29 is 73.9 Å². The second-order valence-corrected chi connectivity index (χ2v) is 23.2. The topological polar surface area (TPSA) is 240 Å². The molecular weight excluding hydrogens is 1360 g/mol. The minimum Gasteiger partial charge on any atom is -0.496 e. The molecule has 2 aromatic carbocycles. The molecule has 0 saturated carbocycles. The molecule has 528 valence electrons. The van der Waals surface area contributed by atoms with Crippen LogP contribution in [0.4, 0.5) is 26.3 Å². The number of benzene rings is 2. The van der Waals surface area contributed by atoms with Gasteiger partial charge in [0.2, 0.25) is 0 Å². The largest absolute Gasteiger partial charge is 0.496 e. The maximum Gasteiger partial charge on any atom is 0.389 e. The fourth-order valence-corrected chi connectivity index (χ4v) is 10.7. The third kappa shape index (κ3) is 19.7. The van der Waals surface area contributed by atoms with Gasteiger partial charge in [-0.15, -0.1) is 0 Å². The number of Topliss-reactive ketones (excluding diaryl/α,β-unsaturated/α-hetero) is 2. The predicted octanol–water partition coefficient (Wildman–Crippen LogP) is 16.1. The fourth-order valence-electron chi connectivity index (χ4n) is 10.3. The van der Waals surface area contributed by atoms with E-state index < -0.39 is 61.7 Å². The third-order valence-corrected chi connectivity index (χ3v) is 15.5. The highest BCUT2D eigenvalue weighted by molar-refractivity contribution is 9.10. The number of nitrogens with zero attached hydrogens (tertiary/aromatic N) is 11. The molecule has 9 heterocycles. The number of fused-ring (bicyclic) bond motifs is 3. The monoisotopic (exact) mass is 1440 g/mol. The van der Waals surface area contributed by atoms with E-state index in [4.69, 9.17) is 28.4 Å². The Morgan fingerprint density at radius 1 is 0.515 bits per heavy atom. The van der Waals surface area contributed by atoms with Gasteiger partial charge in [0.25, 0.3) is 0 Å². The van der Waals surface area contributed by atoms with Crippen LogP contribution in [0.15, 0.2) is 152 Å². The average molecular weight is 1440 g/mol. The summed E-state index contributed by atoms with van der Waals surface area (Å²) in [6.45, 7) is 12.0. The zero-order chi connectivity index (χ0) is 70.3. The molecule has 1 N–H and O–H groups in total. The van der Waals surface area contributed by atoms with Gasteiger partial charge in [-0.2, -0.15) is 41.6 Å². The van der Waals surface area contributed by atoms with Gasteiger partial charge < -0.3 is 37.2 Å². The van der Waals surface area contributed by atoms with Crippen molar-refractivity contribution in [3.63, 3.8) is 0 Å². The van der Waals surface area contributed by atoms with Gasteiger partial charge in [0.05, 0.1) is 85.0 Å². The minimum absolute atomic E-state index is 0. The maximum absolute atomic E-state index is 12.7. The number of alkyl halides is 6. The number of carbonyl (C=O) groups is 4. The first-order chi connectivity index (χ1) is 46.3. The molecule has 0 amide bonds. The van der Waals surface area contributed by atoms with Gasteiger partial charge in [-0.25, -0.2) is 24.5 Å². The Labute approximate surface area is 576 Å². The number of hydrogen-bond acceptors (Lipinski definition) is 16. The maximum atomic E-state index is 12.7. The lowest BCUT2D eigenvalue weighted by Gasteiger charge is -2.19. The molecule has 0 saturated heterocycles. The van der Waals surface area contributed by atoms with E-state index in [2.05, 4.69) is 51.3 Å². The van der Waals surface area contributed by atoms with Gasteiger partial charge in [0, 0.05) is 102 Å². The van der Waals surface area contributed by atoms with Gasteiger partial charge in [-0.05, 0) is 103 Å². The van der Waals surface area contributed by atoms with Gasteiger partial charge >= 0.3 is 24.3 Å². The molecule has 0 spiro atoms. The molecule has 0 aliphatic carbocycles. The van der Waals surface area contributed by atoms with Crippen LogP contribution >= 0.6 is 15.9 Å². The number of ketones is 2. The lowest BCUT2D eigenvalue weighted by atomic mass is 10.0. The number of nitrogens with one attached hydrogen (secondary N) is 1. The number of aromatic nitrogens is 12. The quantitative estimate of drug-likeness (QED) is 0.0377. The first kappa shape index (κ1) is 77.7. The number of carbonyl (C=O) groups excluding carboxylic acids is 4. The van der Waals surface area contributed by atoms with E-state index in [1.54, 1.807) is 71.8 Å². The summed E-state index contributed by atoms with van der Waals surface area (Å²) in [6.07, 6.45) is 13.0. The lowest BCUT2D eigenvalue weighted by molar-refractivity contribution is -0.149. The molecule has 11 rings (SSSR count). The van der Waals surface area contributed by atoms with Crippen molar-refractivity contribution in [2.45, 2.75) is 107 Å². The first-order valence-electron chi connectivity index (χ1n) is 30.4. The Hall–Kier alpha value is -10.3. The summed E-state index contributed by atoms with van der Waals surface area (Å²) in [4.78, 5) is 62.3. The SMILES string of the molecule is C.C.CCOC(=O)C(C(C)C)n1cc(-c2ccn3c(-c4cc(OC)c(C(=O)CCC(F)(F)F)c(OC)c4)cnc3c2)cn1.CCOC(=O)C(C(C)C)n1cc(-c2ccn3ccnc3c2)cn1.COc1cc(Br)cc(OC)c1C(=O)CCC(F)(F)F.c1cn2ccc(-c3cn[nH]c3)cc2n1. The highest BCUT2D eigenvalue weighted by Gasteiger charge is 2.33. The van der Waals surface area contributed by atoms with E-state index in [-0.39, 0.29) is 79.4 Å². The Morgan fingerprint density at radius 3 is 1.32 bits per heavy atom. The second kappa shape index (κ2) is 34.8. The lowest BCUT2D eigenvalue weighted by Crippen LogP contribution is -2.26. The van der Waals surface area contributed by atoms with E-state index in [1.165, 1.54) is 40.6 Å². The van der Waals surface area contributed by atoms with E-state index in [0.717, 1.165) is 44.7 Å². The summed E-state index contributed by atoms with van der Waals surface area (Å²) >= 11 is 3.20. The van der Waals surface area contributed by atoms with Crippen LogP contribution in [0.2, 0.25) is 0 Å². The number of methoxy groups -OCH3 is 4. The smallest absolute Gasteiger partial charge is 0.389 e. The summed E-state index contributed by atoms with van der Waals surface area (Å²) in [6, 6.07) is 17.0. The number of esters is 2. The summed E-state index contributed by atoms with van der Waals surface area (Å²) in [5.74, 6) is -1.36. The number of hydrogen-bond donors (Lipinski definition) is 1. The number of imidazole rings is 3. The molecule has 2 unspecified atom stereocenters. The predicted molar refractivity (Wildman–Crippen MR) is 365 cm³/mol. The van der Waals surface area contributed by atoms with Gasteiger partial charge in [-0.3, -0.25) is 28.5 Å². The van der Waals surface area contributed by atoms with E-state index in [0.29, 0.717) is 28.0 Å². The summed E-state index contributed by atoms with van der Waals surface area (Å²) in [5, 5.41) is 15.5. The second-order valence-electron chi connectivity index (χ2n) is 22.3. The van der Waals surface area contributed by atoms with Crippen LogP contribution in [0.1, 0.15) is 115 Å². The fraction of sp³-hybridized carbons (Fsp3) is 0.343. The van der Waals surface area contributed by atoms with Crippen LogP contribution in [0, 0.1) is 11.8 Å². The molecule has 22 nitrogen and oxygen atoms in total. The molecule has 29 heteroatoms. The summed E-state index contributed by atoms with van der Waals surface area (Å²) < 4.78 is 115. The van der Waals surface area contributed by atoms with Crippen molar-refractivity contribution in [2.24, 2.45) is 11.8 Å². The highest BCUT2D eigenvalue weighted by Crippen LogP contribution is 2.39. The normalized spacial score (nSPS) is 11.8. The third-order valence-electron chi connectivity index (χ3n) is 15.0. The summed E-state index contributed by atoms with van der Waals surface area (Å²) in [5.41, 5.74) is 9.44. The van der Waals surface area contributed by atoms with Crippen molar-refractivity contribution >= 4 is 56.4 Å². The van der Waals surface area contributed by atoms with Crippen LogP contribution in [-0.2, 0) is 19.1 Å². The number of pyridine rings is 3. The van der Waals surface area contributed by atoms with Crippen LogP contribution in [0.3, 0.4) is 0 Å². The number of H-pyrrole nitrogens is 1. The molecule has 2 atom stereocenters. The van der Waals surface area contributed by atoms with Gasteiger partial charge in [0.15, 0.2) is 23.7 Å². The summed E-state index contributed by atoms with van der Waals surface area (Å²) in [7, 11) is 5.35. The van der Waals surface area contributed by atoms with E-state index in [9.17, 15) is 45.5 Å². The molecule has 0 bridgehead atoms. The zero-order valence-corrected chi connectivity index (χ0v) is 56.1.